The molecule has 3 atom stereocenters. The zero-order chi connectivity index (χ0) is 25.4. The summed E-state index contributed by atoms with van der Waals surface area (Å²) < 4.78 is 10.5. The number of esters is 1. The molecule has 0 spiro atoms. The molecule has 32 heavy (non-hydrogen) atoms. The third-order valence-electron chi connectivity index (χ3n) is 4.44. The van der Waals surface area contributed by atoms with Crippen LogP contribution in [0.3, 0.4) is 0 Å². The first kappa shape index (κ1) is 29.7. The predicted octanol–water partition coefficient (Wildman–Crippen LogP) is 2.77. The number of carbonyl (C=O) groups excluding carboxylic acids is 4. The average molecular weight is 458 g/mol. The summed E-state index contributed by atoms with van der Waals surface area (Å²) in [6.07, 6.45) is -1.03. The van der Waals surface area contributed by atoms with Crippen LogP contribution < -0.4 is 16.0 Å². The molecule has 0 unspecified atom stereocenters. The maximum atomic E-state index is 13.0. The van der Waals surface area contributed by atoms with E-state index in [-0.39, 0.29) is 23.9 Å². The molecule has 0 aromatic carbocycles. The van der Waals surface area contributed by atoms with Crippen LogP contribution in [0.2, 0.25) is 0 Å². The van der Waals surface area contributed by atoms with Gasteiger partial charge in [0.15, 0.2) is 0 Å². The van der Waals surface area contributed by atoms with Gasteiger partial charge in [-0.25, -0.2) is 9.59 Å². The topological polar surface area (TPSA) is 123 Å². The van der Waals surface area contributed by atoms with E-state index in [9.17, 15) is 19.2 Å². The molecule has 0 aliphatic rings. The summed E-state index contributed by atoms with van der Waals surface area (Å²) in [5.74, 6) is -2.24. The summed E-state index contributed by atoms with van der Waals surface area (Å²) in [5.41, 5.74) is -0.709. The molecule has 0 saturated carbocycles. The number of amides is 3. The van der Waals surface area contributed by atoms with Crippen LogP contribution in [0.5, 0.6) is 0 Å². The SMILES string of the molecule is CC(C)OC(=O)[C@@H](NC(=O)[C@@H](NC(=O)[C@@H](NC(=O)OC(C)(C)C)C(C)C)C(C)C)C(C)C. The Morgan fingerprint density at radius 3 is 1.34 bits per heavy atom. The molecule has 9 heteroatoms. The second-order valence-electron chi connectivity index (χ2n) is 10.3. The van der Waals surface area contributed by atoms with Gasteiger partial charge in [-0.1, -0.05) is 41.5 Å². The van der Waals surface area contributed by atoms with Gasteiger partial charge in [0.25, 0.3) is 0 Å². The fourth-order valence-corrected chi connectivity index (χ4v) is 2.79. The number of ether oxygens (including phenoxy) is 2. The van der Waals surface area contributed by atoms with Crippen molar-refractivity contribution in [3.8, 4) is 0 Å². The van der Waals surface area contributed by atoms with E-state index in [4.69, 9.17) is 9.47 Å². The van der Waals surface area contributed by atoms with Crippen LogP contribution in [0.15, 0.2) is 0 Å². The third kappa shape index (κ3) is 10.8. The highest BCUT2D eigenvalue weighted by Crippen LogP contribution is 2.12. The number of rotatable bonds is 10. The highest BCUT2D eigenvalue weighted by atomic mass is 16.6. The van der Waals surface area contributed by atoms with Crippen molar-refractivity contribution in [1.82, 2.24) is 16.0 Å². The zero-order valence-corrected chi connectivity index (χ0v) is 21.5. The summed E-state index contributed by atoms with van der Waals surface area (Å²) >= 11 is 0. The van der Waals surface area contributed by atoms with E-state index >= 15 is 0 Å². The van der Waals surface area contributed by atoms with E-state index < -0.39 is 47.6 Å². The highest BCUT2D eigenvalue weighted by molar-refractivity contribution is 5.93. The quantitative estimate of drug-likeness (QED) is 0.434. The first-order valence-electron chi connectivity index (χ1n) is 11.3. The molecule has 0 radical (unpaired) electrons. The molecular formula is C23H43N3O6. The molecule has 0 saturated heterocycles. The number of alkyl carbamates (subject to hydrolysis) is 1. The van der Waals surface area contributed by atoms with Gasteiger partial charge in [0.05, 0.1) is 6.10 Å². The minimum absolute atomic E-state index is 0.203. The van der Waals surface area contributed by atoms with Gasteiger partial charge in [-0.05, 0) is 52.4 Å². The lowest BCUT2D eigenvalue weighted by Crippen LogP contribution is -2.59. The Morgan fingerprint density at radius 1 is 0.625 bits per heavy atom. The smallest absolute Gasteiger partial charge is 0.408 e. The standard InChI is InChI=1S/C23H43N3O6/c1-12(2)16(19(27)25-18(14(5)6)21(29)31-15(7)8)24-20(28)17(13(3)4)26-22(30)32-23(9,10)11/h12-18H,1-11H3,(H,24,28)(H,25,27)(H,26,30)/t16-,17-,18-/m0/s1. The Morgan fingerprint density at radius 2 is 1.00 bits per heavy atom. The summed E-state index contributed by atoms with van der Waals surface area (Å²) in [6, 6.07) is -2.65. The number of carbonyl (C=O) groups is 4. The Balaban J connectivity index is 5.43. The van der Waals surface area contributed by atoms with Crippen LogP contribution >= 0.6 is 0 Å². The second-order valence-corrected chi connectivity index (χ2v) is 10.3. The van der Waals surface area contributed by atoms with Crippen LogP contribution in [0, 0.1) is 17.8 Å². The summed E-state index contributed by atoms with van der Waals surface area (Å²) in [6.45, 7) is 19.4. The molecular weight excluding hydrogens is 414 g/mol. The summed E-state index contributed by atoms with van der Waals surface area (Å²) in [5, 5.41) is 8.00. The molecule has 186 valence electrons. The lowest BCUT2D eigenvalue weighted by Gasteiger charge is -2.29. The van der Waals surface area contributed by atoms with Crippen LogP contribution in [-0.4, -0.2) is 53.7 Å². The molecule has 0 bridgehead atoms. The van der Waals surface area contributed by atoms with Crippen molar-refractivity contribution >= 4 is 23.9 Å². The van der Waals surface area contributed by atoms with E-state index in [1.165, 1.54) is 0 Å². The Kier molecular flexibility index (Phi) is 11.7. The van der Waals surface area contributed by atoms with Gasteiger partial charge in [0.1, 0.15) is 23.7 Å². The Bertz CT molecular complexity index is 653. The van der Waals surface area contributed by atoms with Crippen LogP contribution in [0.4, 0.5) is 4.79 Å². The molecule has 0 aromatic heterocycles. The first-order chi connectivity index (χ1) is 14.5. The minimum Gasteiger partial charge on any atom is -0.461 e. The maximum absolute atomic E-state index is 13.0. The van der Waals surface area contributed by atoms with E-state index in [2.05, 4.69) is 16.0 Å². The van der Waals surface area contributed by atoms with E-state index in [1.807, 2.05) is 0 Å². The van der Waals surface area contributed by atoms with Gasteiger partial charge in [0.2, 0.25) is 11.8 Å². The third-order valence-corrected chi connectivity index (χ3v) is 4.44. The molecule has 3 amide bonds. The van der Waals surface area contributed by atoms with Crippen molar-refractivity contribution in [1.29, 1.82) is 0 Å². The normalized spacial score (nSPS) is 14.7. The lowest BCUT2D eigenvalue weighted by atomic mass is 9.98. The zero-order valence-electron chi connectivity index (χ0n) is 21.5. The molecule has 3 N–H and O–H groups in total. The largest absolute Gasteiger partial charge is 0.461 e. The first-order valence-corrected chi connectivity index (χ1v) is 11.3. The minimum atomic E-state index is -0.905. The van der Waals surface area contributed by atoms with Gasteiger partial charge in [-0.2, -0.15) is 0 Å². The van der Waals surface area contributed by atoms with Crippen LogP contribution in [-0.2, 0) is 23.9 Å². The molecule has 0 aromatic rings. The Hall–Kier alpha value is -2.32. The van der Waals surface area contributed by atoms with Gasteiger partial charge in [0, 0.05) is 0 Å². The van der Waals surface area contributed by atoms with E-state index in [0.717, 1.165) is 0 Å². The lowest BCUT2D eigenvalue weighted by molar-refractivity contribution is -0.153. The molecule has 0 aliphatic carbocycles. The molecule has 0 fully saturated rings. The maximum Gasteiger partial charge on any atom is 0.408 e. The monoisotopic (exact) mass is 457 g/mol. The number of hydrogen-bond donors (Lipinski definition) is 3. The predicted molar refractivity (Wildman–Crippen MR) is 123 cm³/mol. The van der Waals surface area contributed by atoms with E-state index in [1.54, 1.807) is 76.2 Å². The number of hydrogen-bond acceptors (Lipinski definition) is 6. The van der Waals surface area contributed by atoms with Crippen molar-refractivity contribution in [3.63, 3.8) is 0 Å². The molecule has 0 aliphatic heterocycles. The van der Waals surface area contributed by atoms with Crippen molar-refractivity contribution in [2.45, 2.75) is 106 Å². The average Bonchev–Trinajstić information content (AvgIpc) is 2.58. The molecule has 0 heterocycles. The van der Waals surface area contributed by atoms with Crippen molar-refractivity contribution in [2.24, 2.45) is 17.8 Å². The fourth-order valence-electron chi connectivity index (χ4n) is 2.79. The van der Waals surface area contributed by atoms with Crippen molar-refractivity contribution < 1.29 is 28.7 Å². The van der Waals surface area contributed by atoms with Crippen molar-refractivity contribution in [2.75, 3.05) is 0 Å². The van der Waals surface area contributed by atoms with Crippen LogP contribution in [0.25, 0.3) is 0 Å². The van der Waals surface area contributed by atoms with Gasteiger partial charge in [-0.15, -0.1) is 0 Å². The summed E-state index contributed by atoms with van der Waals surface area (Å²) in [4.78, 5) is 50.5. The van der Waals surface area contributed by atoms with Crippen LogP contribution in [0.1, 0.15) is 76.2 Å². The summed E-state index contributed by atoms with van der Waals surface area (Å²) in [7, 11) is 0. The van der Waals surface area contributed by atoms with Gasteiger partial charge < -0.3 is 25.4 Å². The Labute approximate surface area is 192 Å². The number of nitrogens with one attached hydrogen (secondary N) is 3. The van der Waals surface area contributed by atoms with Gasteiger partial charge in [-0.3, -0.25) is 9.59 Å². The molecule has 0 rings (SSSR count). The van der Waals surface area contributed by atoms with Crippen molar-refractivity contribution in [3.05, 3.63) is 0 Å². The second kappa shape index (κ2) is 12.6. The molecule has 9 nitrogen and oxygen atoms in total. The highest BCUT2D eigenvalue weighted by Gasteiger charge is 2.34. The van der Waals surface area contributed by atoms with E-state index in [0.29, 0.717) is 0 Å². The van der Waals surface area contributed by atoms with Gasteiger partial charge >= 0.3 is 12.1 Å². The fraction of sp³-hybridized carbons (Fsp3) is 0.826.